The van der Waals surface area contributed by atoms with Crippen molar-refractivity contribution in [3.63, 3.8) is 0 Å². The van der Waals surface area contributed by atoms with Gasteiger partial charge in [-0.1, -0.05) is 38.1 Å². The molecule has 0 aliphatic carbocycles. The molecule has 98 valence electrons. The molecule has 0 spiro atoms. The van der Waals surface area contributed by atoms with Gasteiger partial charge in [-0.3, -0.25) is 4.79 Å². The molecule has 1 fully saturated rings. The lowest BCUT2D eigenvalue weighted by Gasteiger charge is -2.20. The van der Waals surface area contributed by atoms with Crippen molar-refractivity contribution in [1.29, 1.82) is 0 Å². The van der Waals surface area contributed by atoms with Gasteiger partial charge in [-0.2, -0.15) is 0 Å². The number of nitrogens with zero attached hydrogens (tertiary/aromatic N) is 1. The van der Waals surface area contributed by atoms with Crippen molar-refractivity contribution < 1.29 is 4.79 Å². The summed E-state index contributed by atoms with van der Waals surface area (Å²) < 4.78 is 0. The molecule has 0 atom stereocenters. The number of amides is 1. The normalized spacial score (nSPS) is 17.1. The van der Waals surface area contributed by atoms with Crippen molar-refractivity contribution in [2.75, 3.05) is 19.6 Å². The Hall–Kier alpha value is -1.35. The molecule has 1 aromatic rings. The van der Waals surface area contributed by atoms with Crippen LogP contribution in [0.5, 0.6) is 0 Å². The van der Waals surface area contributed by atoms with Gasteiger partial charge in [0, 0.05) is 32.6 Å². The summed E-state index contributed by atoms with van der Waals surface area (Å²) in [6.45, 7) is 7.64. The van der Waals surface area contributed by atoms with Gasteiger partial charge in [0.1, 0.15) is 0 Å². The van der Waals surface area contributed by atoms with Crippen LogP contribution in [0, 0.1) is 0 Å². The van der Waals surface area contributed by atoms with Gasteiger partial charge in [0.2, 0.25) is 5.91 Å². The first-order valence-electron chi connectivity index (χ1n) is 6.74. The molecule has 0 unspecified atom stereocenters. The number of carbonyl (C=O) groups is 1. The lowest BCUT2D eigenvalue weighted by atomic mass is 10.0. The minimum Gasteiger partial charge on any atom is -0.337 e. The van der Waals surface area contributed by atoms with Gasteiger partial charge in [0.25, 0.3) is 0 Å². The quantitative estimate of drug-likeness (QED) is 0.886. The van der Waals surface area contributed by atoms with Gasteiger partial charge in [-0.15, -0.1) is 0 Å². The van der Waals surface area contributed by atoms with Crippen LogP contribution in [0.3, 0.4) is 0 Å². The van der Waals surface area contributed by atoms with Crippen LogP contribution in [0.15, 0.2) is 24.3 Å². The molecular formula is C15H22N2O. The van der Waals surface area contributed by atoms with Crippen molar-refractivity contribution >= 4 is 5.91 Å². The average Bonchev–Trinajstić information content (AvgIpc) is 2.56. The zero-order chi connectivity index (χ0) is 13.0. The first kappa shape index (κ1) is 13.1. The molecule has 1 aromatic carbocycles. The van der Waals surface area contributed by atoms with E-state index in [2.05, 4.69) is 43.4 Å². The Kier molecular flexibility index (Phi) is 4.37. The fourth-order valence-corrected chi connectivity index (χ4v) is 2.21. The summed E-state index contributed by atoms with van der Waals surface area (Å²) in [5.41, 5.74) is 2.57. The summed E-state index contributed by atoms with van der Waals surface area (Å²) >= 11 is 0. The molecule has 0 aromatic heterocycles. The maximum absolute atomic E-state index is 11.9. The minimum atomic E-state index is 0.257. The molecule has 1 aliphatic rings. The van der Waals surface area contributed by atoms with Crippen molar-refractivity contribution in [1.82, 2.24) is 10.2 Å². The maximum Gasteiger partial charge on any atom is 0.224 e. The van der Waals surface area contributed by atoms with E-state index in [4.69, 9.17) is 0 Å². The molecule has 1 saturated heterocycles. The summed E-state index contributed by atoms with van der Waals surface area (Å²) in [6.07, 6.45) is 0.615. The number of carbonyl (C=O) groups excluding carboxylic acids is 1. The average molecular weight is 246 g/mol. The van der Waals surface area contributed by atoms with E-state index in [1.54, 1.807) is 0 Å². The largest absolute Gasteiger partial charge is 0.337 e. The second kappa shape index (κ2) is 6.01. The van der Waals surface area contributed by atoms with E-state index in [1.165, 1.54) is 11.1 Å². The topological polar surface area (TPSA) is 32.3 Å². The molecule has 2 rings (SSSR count). The number of hydrogen-bond donors (Lipinski definition) is 1. The molecule has 1 heterocycles. The highest BCUT2D eigenvalue weighted by Gasteiger charge is 2.16. The second-order valence-electron chi connectivity index (χ2n) is 5.21. The highest BCUT2D eigenvalue weighted by Crippen LogP contribution is 2.16. The molecule has 0 bridgehead atoms. The third-order valence-electron chi connectivity index (χ3n) is 3.45. The smallest absolute Gasteiger partial charge is 0.224 e. The van der Waals surface area contributed by atoms with E-state index in [9.17, 15) is 4.79 Å². The van der Waals surface area contributed by atoms with Gasteiger partial charge >= 0.3 is 0 Å². The number of nitrogens with one attached hydrogen (secondary N) is 1. The van der Waals surface area contributed by atoms with Gasteiger partial charge < -0.3 is 10.2 Å². The van der Waals surface area contributed by atoms with E-state index in [1.807, 2.05) is 4.90 Å². The standard InChI is InChI=1S/C15H22N2O/c1-12(2)14-5-3-13(4-6-14)11-17-10-9-16-8-7-15(17)18/h3-6,12,16H,7-11H2,1-2H3. The fraction of sp³-hybridized carbons (Fsp3) is 0.533. The molecule has 0 radical (unpaired) electrons. The Balaban J connectivity index is 2.01. The van der Waals surface area contributed by atoms with E-state index in [-0.39, 0.29) is 5.91 Å². The van der Waals surface area contributed by atoms with Gasteiger partial charge in [0.15, 0.2) is 0 Å². The van der Waals surface area contributed by atoms with Crippen LogP contribution in [-0.2, 0) is 11.3 Å². The van der Waals surface area contributed by atoms with Crippen LogP contribution in [-0.4, -0.2) is 30.4 Å². The molecule has 0 saturated carbocycles. The van der Waals surface area contributed by atoms with Crippen LogP contribution in [0.1, 0.15) is 37.3 Å². The van der Waals surface area contributed by atoms with Crippen LogP contribution < -0.4 is 5.32 Å². The third kappa shape index (κ3) is 3.33. The van der Waals surface area contributed by atoms with Crippen LogP contribution in [0.4, 0.5) is 0 Å². The summed E-state index contributed by atoms with van der Waals surface area (Å²) in [5, 5.41) is 3.25. The Morgan fingerprint density at radius 1 is 1.22 bits per heavy atom. The molecule has 1 N–H and O–H groups in total. The van der Waals surface area contributed by atoms with Gasteiger partial charge in [0.05, 0.1) is 0 Å². The predicted molar refractivity (Wildman–Crippen MR) is 73.4 cm³/mol. The molecule has 3 nitrogen and oxygen atoms in total. The molecular weight excluding hydrogens is 224 g/mol. The number of hydrogen-bond acceptors (Lipinski definition) is 2. The van der Waals surface area contributed by atoms with Gasteiger partial charge in [-0.05, 0) is 17.0 Å². The monoisotopic (exact) mass is 246 g/mol. The Morgan fingerprint density at radius 2 is 1.94 bits per heavy atom. The summed E-state index contributed by atoms with van der Waals surface area (Å²) in [6, 6.07) is 8.61. The van der Waals surface area contributed by atoms with Crippen molar-refractivity contribution in [2.45, 2.75) is 32.7 Å². The highest BCUT2D eigenvalue weighted by molar-refractivity contribution is 5.76. The Bertz CT molecular complexity index is 397. The summed E-state index contributed by atoms with van der Waals surface area (Å²) in [4.78, 5) is 13.8. The van der Waals surface area contributed by atoms with Crippen molar-refractivity contribution in [2.24, 2.45) is 0 Å². The second-order valence-corrected chi connectivity index (χ2v) is 5.21. The Labute approximate surface area is 109 Å². The molecule has 18 heavy (non-hydrogen) atoms. The third-order valence-corrected chi connectivity index (χ3v) is 3.45. The first-order chi connectivity index (χ1) is 8.66. The summed E-state index contributed by atoms with van der Waals surface area (Å²) in [5.74, 6) is 0.816. The van der Waals surface area contributed by atoms with Gasteiger partial charge in [-0.25, -0.2) is 0 Å². The van der Waals surface area contributed by atoms with Crippen LogP contribution >= 0.6 is 0 Å². The van der Waals surface area contributed by atoms with Crippen molar-refractivity contribution in [3.05, 3.63) is 35.4 Å². The highest BCUT2D eigenvalue weighted by atomic mass is 16.2. The zero-order valence-corrected chi connectivity index (χ0v) is 11.3. The maximum atomic E-state index is 11.9. The minimum absolute atomic E-state index is 0.257. The lowest BCUT2D eigenvalue weighted by Crippen LogP contribution is -2.31. The fourth-order valence-electron chi connectivity index (χ4n) is 2.21. The molecule has 1 aliphatic heterocycles. The van der Waals surface area contributed by atoms with Crippen LogP contribution in [0.2, 0.25) is 0 Å². The summed E-state index contributed by atoms with van der Waals surface area (Å²) in [7, 11) is 0. The van der Waals surface area contributed by atoms with E-state index in [0.29, 0.717) is 12.3 Å². The molecule has 1 amide bonds. The van der Waals surface area contributed by atoms with E-state index >= 15 is 0 Å². The van der Waals surface area contributed by atoms with Crippen molar-refractivity contribution in [3.8, 4) is 0 Å². The zero-order valence-electron chi connectivity index (χ0n) is 11.3. The first-order valence-corrected chi connectivity index (χ1v) is 6.74. The van der Waals surface area contributed by atoms with Crippen LogP contribution in [0.25, 0.3) is 0 Å². The Morgan fingerprint density at radius 3 is 2.61 bits per heavy atom. The predicted octanol–water partition coefficient (Wildman–Crippen LogP) is 2.13. The molecule has 3 heteroatoms. The lowest BCUT2D eigenvalue weighted by molar-refractivity contribution is -0.130. The van der Waals surface area contributed by atoms with E-state index < -0.39 is 0 Å². The number of benzene rings is 1. The SMILES string of the molecule is CC(C)c1ccc(CN2CCNCCC2=O)cc1. The number of rotatable bonds is 3. The van der Waals surface area contributed by atoms with E-state index in [0.717, 1.165) is 26.2 Å².